The molecule has 0 unspecified atom stereocenters. The van der Waals surface area contributed by atoms with Crippen molar-refractivity contribution in [2.45, 2.75) is 19.3 Å². The Balaban J connectivity index is 1.42. The maximum Gasteiger partial charge on any atom is 0.123 e. The van der Waals surface area contributed by atoms with Crippen LogP contribution in [0, 0.1) is 5.82 Å². The molecule has 3 rings (SSSR count). The second-order valence-corrected chi connectivity index (χ2v) is 6.51. The van der Waals surface area contributed by atoms with Gasteiger partial charge in [-0.1, -0.05) is 59.8 Å². The van der Waals surface area contributed by atoms with Gasteiger partial charge < -0.3 is 10.2 Å². The third-order valence-corrected chi connectivity index (χ3v) is 4.55. The lowest BCUT2D eigenvalue weighted by Crippen LogP contribution is -2.19. The minimum atomic E-state index is -0.245. The highest BCUT2D eigenvalue weighted by Crippen LogP contribution is 2.15. The second kappa shape index (κ2) is 9.83. The first-order chi connectivity index (χ1) is 13.3. The summed E-state index contributed by atoms with van der Waals surface area (Å²) in [4.78, 5) is 4.93. The van der Waals surface area contributed by atoms with Crippen molar-refractivity contribution in [3.8, 4) is 0 Å². The number of nitrogens with one attached hydrogen (secondary N) is 1. The lowest BCUT2D eigenvalue weighted by molar-refractivity contribution is 0.212. The molecule has 27 heavy (non-hydrogen) atoms. The summed E-state index contributed by atoms with van der Waals surface area (Å²) in [5.41, 5.74) is 3.08. The molecule has 1 N–H and O–H groups in total. The highest BCUT2D eigenvalue weighted by atomic mass is 19.1. The first-order valence-corrected chi connectivity index (χ1v) is 9.30. The van der Waals surface area contributed by atoms with E-state index in [2.05, 4.69) is 52.9 Å². The molecule has 3 aromatic rings. The van der Waals surface area contributed by atoms with Gasteiger partial charge in [0, 0.05) is 0 Å². The van der Waals surface area contributed by atoms with Crippen molar-refractivity contribution < 1.29 is 9.23 Å². The van der Waals surface area contributed by atoms with E-state index in [1.165, 1.54) is 35.6 Å². The van der Waals surface area contributed by atoms with Crippen LogP contribution in [0.4, 0.5) is 4.39 Å². The Kier molecular flexibility index (Phi) is 6.94. The highest BCUT2D eigenvalue weighted by molar-refractivity contribution is 6.00. The summed E-state index contributed by atoms with van der Waals surface area (Å²) in [6.07, 6.45) is 2.72. The Morgan fingerprint density at radius 3 is 2.52 bits per heavy atom. The molecule has 0 spiro atoms. The predicted molar refractivity (Wildman–Crippen MR) is 110 cm³/mol. The zero-order valence-electron chi connectivity index (χ0n) is 15.6. The van der Waals surface area contributed by atoms with Crippen LogP contribution in [0.3, 0.4) is 0 Å². The van der Waals surface area contributed by atoms with Crippen molar-refractivity contribution in [2.24, 2.45) is 5.16 Å². The maximum atomic E-state index is 13.1. The number of fused-ring (bicyclic) bond motifs is 1. The van der Waals surface area contributed by atoms with E-state index >= 15 is 0 Å². The normalized spacial score (nSPS) is 11.7. The average molecular weight is 364 g/mol. The van der Waals surface area contributed by atoms with Gasteiger partial charge in [-0.15, -0.1) is 0 Å². The summed E-state index contributed by atoms with van der Waals surface area (Å²) in [6.45, 7) is 1.84. The monoisotopic (exact) mass is 364 g/mol. The van der Waals surface area contributed by atoms with Crippen molar-refractivity contribution in [3.05, 3.63) is 83.7 Å². The molecule has 0 bridgehead atoms. The first-order valence-electron chi connectivity index (χ1n) is 9.30. The van der Waals surface area contributed by atoms with Crippen LogP contribution in [0.1, 0.15) is 24.0 Å². The Bertz CT molecular complexity index is 890. The SMILES string of the molecule is CO/N=C(/CCCNCCc1ccc2ccccc2c1)c1ccc(F)cc1. The van der Waals surface area contributed by atoms with E-state index < -0.39 is 0 Å². The quantitative estimate of drug-likeness (QED) is 0.331. The fourth-order valence-electron chi connectivity index (χ4n) is 3.13. The molecule has 0 aliphatic carbocycles. The van der Waals surface area contributed by atoms with Crippen LogP contribution >= 0.6 is 0 Å². The summed E-state index contributed by atoms with van der Waals surface area (Å²) in [7, 11) is 1.53. The lowest BCUT2D eigenvalue weighted by atomic mass is 10.0. The molecule has 4 heteroatoms. The molecule has 140 valence electrons. The Hall–Kier alpha value is -2.72. The molecule has 0 aliphatic rings. The summed E-state index contributed by atoms with van der Waals surface area (Å²) >= 11 is 0. The largest absolute Gasteiger partial charge is 0.399 e. The van der Waals surface area contributed by atoms with Gasteiger partial charge in [-0.25, -0.2) is 4.39 Å². The first kappa shape index (κ1) is 19.1. The summed E-state index contributed by atoms with van der Waals surface area (Å²) < 4.78 is 13.1. The predicted octanol–water partition coefficient (Wildman–Crippen LogP) is 4.94. The van der Waals surface area contributed by atoms with Crippen LogP contribution in [0.2, 0.25) is 0 Å². The number of oxime groups is 1. The van der Waals surface area contributed by atoms with Gasteiger partial charge in [0.05, 0.1) is 5.71 Å². The Morgan fingerprint density at radius 1 is 0.963 bits per heavy atom. The summed E-state index contributed by atoms with van der Waals surface area (Å²) in [5, 5.41) is 10.1. The number of benzene rings is 3. The summed E-state index contributed by atoms with van der Waals surface area (Å²) in [6, 6.07) is 21.4. The molecule has 3 aromatic carbocycles. The molecule has 0 amide bonds. The minimum Gasteiger partial charge on any atom is -0.399 e. The maximum absolute atomic E-state index is 13.1. The van der Waals surface area contributed by atoms with Gasteiger partial charge >= 0.3 is 0 Å². The molecule has 0 aromatic heterocycles. The Morgan fingerprint density at radius 2 is 1.74 bits per heavy atom. The third kappa shape index (κ3) is 5.63. The zero-order chi connectivity index (χ0) is 18.9. The zero-order valence-corrected chi connectivity index (χ0v) is 15.6. The van der Waals surface area contributed by atoms with Gasteiger partial charge in [0.2, 0.25) is 0 Å². The fraction of sp³-hybridized carbons (Fsp3) is 0.261. The van der Waals surface area contributed by atoms with E-state index in [0.717, 1.165) is 43.6 Å². The van der Waals surface area contributed by atoms with Crippen molar-refractivity contribution >= 4 is 16.5 Å². The molecular weight excluding hydrogens is 339 g/mol. The van der Waals surface area contributed by atoms with E-state index in [-0.39, 0.29) is 5.82 Å². The fourth-order valence-corrected chi connectivity index (χ4v) is 3.13. The molecule has 0 radical (unpaired) electrons. The standard InChI is InChI=1S/C23H25FN2O/c1-27-26-23(20-10-12-22(24)13-11-20)7-4-15-25-16-14-18-8-9-19-5-2-3-6-21(19)17-18/h2-3,5-6,8-13,17,25H,4,7,14-16H2,1H3/b26-23-. The van der Waals surface area contributed by atoms with Crippen LogP contribution in [0.25, 0.3) is 10.8 Å². The van der Waals surface area contributed by atoms with Crippen LogP contribution < -0.4 is 5.32 Å². The van der Waals surface area contributed by atoms with E-state index in [9.17, 15) is 4.39 Å². The van der Waals surface area contributed by atoms with Crippen LogP contribution in [0.15, 0.2) is 71.9 Å². The lowest BCUT2D eigenvalue weighted by Gasteiger charge is -2.08. The van der Waals surface area contributed by atoms with Gasteiger partial charge in [0.1, 0.15) is 12.9 Å². The minimum absolute atomic E-state index is 0.245. The summed E-state index contributed by atoms with van der Waals surface area (Å²) in [5.74, 6) is -0.245. The molecule has 0 fully saturated rings. The van der Waals surface area contributed by atoms with E-state index in [1.54, 1.807) is 12.1 Å². The smallest absolute Gasteiger partial charge is 0.123 e. The molecular formula is C23H25FN2O. The number of halogens is 1. The van der Waals surface area contributed by atoms with Crippen molar-refractivity contribution in [2.75, 3.05) is 20.2 Å². The highest BCUT2D eigenvalue weighted by Gasteiger charge is 2.05. The molecule has 0 saturated carbocycles. The van der Waals surface area contributed by atoms with Crippen LogP contribution in [-0.4, -0.2) is 25.9 Å². The topological polar surface area (TPSA) is 33.6 Å². The third-order valence-electron chi connectivity index (χ3n) is 4.55. The number of rotatable bonds is 9. The van der Waals surface area contributed by atoms with Gasteiger partial charge in [0.25, 0.3) is 0 Å². The molecule has 0 saturated heterocycles. The molecule has 0 atom stereocenters. The van der Waals surface area contributed by atoms with E-state index in [0.29, 0.717) is 0 Å². The second-order valence-electron chi connectivity index (χ2n) is 6.51. The number of hydrogen-bond donors (Lipinski definition) is 1. The van der Waals surface area contributed by atoms with Crippen molar-refractivity contribution in [1.82, 2.24) is 5.32 Å². The van der Waals surface area contributed by atoms with Crippen molar-refractivity contribution in [3.63, 3.8) is 0 Å². The van der Waals surface area contributed by atoms with E-state index in [1.807, 2.05) is 0 Å². The van der Waals surface area contributed by atoms with E-state index in [4.69, 9.17) is 4.84 Å². The molecule has 0 heterocycles. The number of nitrogens with zero attached hydrogens (tertiary/aromatic N) is 1. The van der Waals surface area contributed by atoms with Crippen LogP contribution in [0.5, 0.6) is 0 Å². The number of hydrogen-bond acceptors (Lipinski definition) is 3. The van der Waals surface area contributed by atoms with Gasteiger partial charge in [-0.05, 0) is 66.4 Å². The Labute approximate surface area is 159 Å². The molecule has 3 nitrogen and oxygen atoms in total. The van der Waals surface area contributed by atoms with Crippen LogP contribution in [-0.2, 0) is 11.3 Å². The van der Waals surface area contributed by atoms with Gasteiger partial charge in [-0.2, -0.15) is 0 Å². The van der Waals surface area contributed by atoms with Crippen molar-refractivity contribution in [1.29, 1.82) is 0 Å². The average Bonchev–Trinajstić information content (AvgIpc) is 2.70. The van der Waals surface area contributed by atoms with Gasteiger partial charge in [0.15, 0.2) is 0 Å². The van der Waals surface area contributed by atoms with Gasteiger partial charge in [-0.3, -0.25) is 0 Å². The molecule has 0 aliphatic heterocycles.